The van der Waals surface area contributed by atoms with Gasteiger partial charge in [0.05, 0.1) is 17.6 Å². The van der Waals surface area contributed by atoms with Crippen LogP contribution >= 0.6 is 0 Å². The number of benzene rings is 1. The summed E-state index contributed by atoms with van der Waals surface area (Å²) in [6, 6.07) is 8.45. The van der Waals surface area contributed by atoms with Crippen molar-refractivity contribution in [2.75, 3.05) is 31.6 Å². The third-order valence-corrected chi connectivity index (χ3v) is 3.93. The minimum atomic E-state index is 0.501. The van der Waals surface area contributed by atoms with Crippen LogP contribution in [0.2, 0.25) is 0 Å². The summed E-state index contributed by atoms with van der Waals surface area (Å²) >= 11 is 0. The molecule has 112 valence electrons. The molecule has 0 bridgehead atoms. The van der Waals surface area contributed by atoms with Gasteiger partial charge < -0.3 is 15.0 Å². The zero-order valence-electron chi connectivity index (χ0n) is 12.7. The maximum absolute atomic E-state index is 5.73. The van der Waals surface area contributed by atoms with Crippen LogP contribution in [0.25, 0.3) is 11.0 Å². The van der Waals surface area contributed by atoms with Crippen molar-refractivity contribution in [1.29, 1.82) is 0 Å². The van der Waals surface area contributed by atoms with Crippen LogP contribution in [-0.4, -0.2) is 42.8 Å². The Labute approximate surface area is 125 Å². The molecule has 1 aromatic heterocycles. The van der Waals surface area contributed by atoms with E-state index in [-0.39, 0.29) is 0 Å². The van der Waals surface area contributed by atoms with Crippen LogP contribution in [0.3, 0.4) is 0 Å². The molecule has 1 aliphatic rings. The number of nitrogens with one attached hydrogen (secondary N) is 1. The number of fused-ring (bicyclic) bond motifs is 1. The van der Waals surface area contributed by atoms with E-state index in [0.717, 1.165) is 36.4 Å². The number of aromatic nitrogens is 2. The molecule has 1 atom stereocenters. The second kappa shape index (κ2) is 6.26. The van der Waals surface area contributed by atoms with E-state index in [4.69, 9.17) is 9.72 Å². The van der Waals surface area contributed by atoms with Crippen molar-refractivity contribution in [2.24, 2.45) is 0 Å². The summed E-state index contributed by atoms with van der Waals surface area (Å²) < 4.78 is 5.73. The van der Waals surface area contributed by atoms with E-state index >= 15 is 0 Å². The molecule has 2 heterocycles. The van der Waals surface area contributed by atoms with E-state index in [1.54, 1.807) is 0 Å². The summed E-state index contributed by atoms with van der Waals surface area (Å²) in [5, 5.41) is 3.36. The lowest BCUT2D eigenvalue weighted by molar-refractivity contribution is 0.325. The van der Waals surface area contributed by atoms with Gasteiger partial charge in [0.1, 0.15) is 0 Å². The summed E-state index contributed by atoms with van der Waals surface area (Å²) in [6.07, 6.45) is 2.36. The Morgan fingerprint density at radius 3 is 2.76 bits per heavy atom. The van der Waals surface area contributed by atoms with Gasteiger partial charge in [-0.05, 0) is 38.9 Å². The number of likely N-dealkylation sites (N-methyl/N-ethyl adjacent to an activating group) is 1. The Kier molecular flexibility index (Phi) is 4.20. The van der Waals surface area contributed by atoms with Gasteiger partial charge in [0.25, 0.3) is 5.88 Å². The number of piperidine rings is 1. The van der Waals surface area contributed by atoms with Crippen molar-refractivity contribution in [3.63, 3.8) is 0 Å². The molecule has 1 aliphatic heterocycles. The first-order chi connectivity index (χ1) is 10.3. The van der Waals surface area contributed by atoms with Crippen LogP contribution in [0, 0.1) is 0 Å². The van der Waals surface area contributed by atoms with E-state index in [1.807, 2.05) is 38.2 Å². The molecule has 0 radical (unpaired) electrons. The lowest BCUT2D eigenvalue weighted by Gasteiger charge is -2.33. The van der Waals surface area contributed by atoms with E-state index in [0.29, 0.717) is 18.5 Å². The highest BCUT2D eigenvalue weighted by atomic mass is 16.5. The van der Waals surface area contributed by atoms with E-state index < -0.39 is 0 Å². The average molecular weight is 286 g/mol. The fraction of sp³-hybridized carbons (Fsp3) is 0.500. The van der Waals surface area contributed by atoms with Crippen LogP contribution < -0.4 is 15.0 Å². The highest BCUT2D eigenvalue weighted by Gasteiger charge is 2.23. The molecule has 1 N–H and O–H groups in total. The molecule has 0 aliphatic carbocycles. The van der Waals surface area contributed by atoms with Crippen molar-refractivity contribution in [2.45, 2.75) is 25.8 Å². The molecule has 3 rings (SSSR count). The van der Waals surface area contributed by atoms with Crippen LogP contribution in [0.4, 0.5) is 5.82 Å². The maximum atomic E-state index is 5.73. The third-order valence-electron chi connectivity index (χ3n) is 3.93. The largest absolute Gasteiger partial charge is 0.475 e. The molecule has 1 fully saturated rings. The van der Waals surface area contributed by atoms with Crippen molar-refractivity contribution < 1.29 is 4.74 Å². The van der Waals surface area contributed by atoms with Gasteiger partial charge in [0.2, 0.25) is 0 Å². The normalized spacial score (nSPS) is 19.0. The molecule has 5 heteroatoms. The zero-order valence-corrected chi connectivity index (χ0v) is 12.7. The predicted molar refractivity (Wildman–Crippen MR) is 85.0 cm³/mol. The maximum Gasteiger partial charge on any atom is 0.258 e. The van der Waals surface area contributed by atoms with Gasteiger partial charge in [-0.1, -0.05) is 12.1 Å². The van der Waals surface area contributed by atoms with Crippen LogP contribution in [0.15, 0.2) is 24.3 Å². The molecular weight excluding hydrogens is 264 g/mol. The van der Waals surface area contributed by atoms with Gasteiger partial charge in [-0.3, -0.25) is 0 Å². The smallest absolute Gasteiger partial charge is 0.258 e. The molecule has 0 amide bonds. The van der Waals surface area contributed by atoms with Crippen LogP contribution in [-0.2, 0) is 0 Å². The number of hydrogen-bond donors (Lipinski definition) is 1. The molecule has 0 saturated carbocycles. The first-order valence-corrected chi connectivity index (χ1v) is 7.63. The molecule has 0 spiro atoms. The van der Waals surface area contributed by atoms with Gasteiger partial charge in [-0.15, -0.1) is 0 Å². The minimum Gasteiger partial charge on any atom is -0.475 e. The third kappa shape index (κ3) is 2.93. The predicted octanol–water partition coefficient (Wildman–Crippen LogP) is 2.22. The van der Waals surface area contributed by atoms with Gasteiger partial charge in [-0.25, -0.2) is 9.97 Å². The van der Waals surface area contributed by atoms with Gasteiger partial charge in [0, 0.05) is 19.1 Å². The molecule has 2 aromatic rings. The number of rotatable bonds is 4. The lowest BCUT2D eigenvalue weighted by Crippen LogP contribution is -2.45. The number of ether oxygens (including phenoxy) is 1. The summed E-state index contributed by atoms with van der Waals surface area (Å²) in [5.41, 5.74) is 1.80. The standard InChI is InChI=1S/C16H22N4O/c1-3-21-16-15(20-10-6-7-12(11-20)17-2)18-13-8-4-5-9-14(13)19-16/h4-5,8-9,12,17H,3,6-7,10-11H2,1-2H3/t12-/m0/s1. The topological polar surface area (TPSA) is 50.3 Å². The SMILES string of the molecule is CCOc1nc2ccccc2nc1N1CCC[C@H](NC)C1. The Bertz CT molecular complexity index is 616. The Balaban J connectivity index is 2.00. The Hall–Kier alpha value is -1.88. The molecule has 1 aromatic carbocycles. The molecule has 1 saturated heterocycles. The fourth-order valence-electron chi connectivity index (χ4n) is 2.82. The molecule has 5 nitrogen and oxygen atoms in total. The molecular formula is C16H22N4O. The number of para-hydroxylation sites is 2. The summed E-state index contributed by atoms with van der Waals surface area (Å²) in [5.74, 6) is 1.52. The minimum absolute atomic E-state index is 0.501. The van der Waals surface area contributed by atoms with Crippen LogP contribution in [0.5, 0.6) is 5.88 Å². The second-order valence-corrected chi connectivity index (χ2v) is 5.35. The first kappa shape index (κ1) is 14.1. The zero-order chi connectivity index (χ0) is 14.7. The van der Waals surface area contributed by atoms with E-state index in [2.05, 4.69) is 15.2 Å². The number of nitrogens with zero attached hydrogens (tertiary/aromatic N) is 3. The fourth-order valence-corrected chi connectivity index (χ4v) is 2.82. The lowest BCUT2D eigenvalue weighted by atomic mass is 10.1. The highest BCUT2D eigenvalue weighted by Crippen LogP contribution is 2.29. The first-order valence-electron chi connectivity index (χ1n) is 7.63. The van der Waals surface area contributed by atoms with Crippen molar-refractivity contribution >= 4 is 16.9 Å². The van der Waals surface area contributed by atoms with Gasteiger partial charge >= 0.3 is 0 Å². The number of hydrogen-bond acceptors (Lipinski definition) is 5. The average Bonchev–Trinajstić information content (AvgIpc) is 2.54. The summed E-state index contributed by atoms with van der Waals surface area (Å²) in [4.78, 5) is 11.7. The monoisotopic (exact) mass is 286 g/mol. The molecule has 21 heavy (non-hydrogen) atoms. The van der Waals surface area contributed by atoms with E-state index in [9.17, 15) is 0 Å². The van der Waals surface area contributed by atoms with Crippen molar-refractivity contribution in [3.05, 3.63) is 24.3 Å². The Morgan fingerprint density at radius 2 is 2.05 bits per heavy atom. The Morgan fingerprint density at radius 1 is 1.29 bits per heavy atom. The summed E-state index contributed by atoms with van der Waals surface area (Å²) in [7, 11) is 2.02. The second-order valence-electron chi connectivity index (χ2n) is 5.35. The van der Waals surface area contributed by atoms with Gasteiger partial charge in [-0.2, -0.15) is 0 Å². The van der Waals surface area contributed by atoms with Crippen LogP contribution in [0.1, 0.15) is 19.8 Å². The number of anilines is 1. The van der Waals surface area contributed by atoms with Gasteiger partial charge in [0.15, 0.2) is 5.82 Å². The van der Waals surface area contributed by atoms with Crippen molar-refractivity contribution in [3.8, 4) is 5.88 Å². The quantitative estimate of drug-likeness (QED) is 0.934. The summed E-state index contributed by atoms with van der Waals surface area (Å²) in [6.45, 7) is 4.53. The highest BCUT2D eigenvalue weighted by molar-refractivity contribution is 5.77. The van der Waals surface area contributed by atoms with Crippen molar-refractivity contribution in [1.82, 2.24) is 15.3 Å². The molecule has 0 unspecified atom stereocenters. The van der Waals surface area contributed by atoms with E-state index in [1.165, 1.54) is 6.42 Å².